The van der Waals surface area contributed by atoms with E-state index in [-0.39, 0.29) is 0 Å². The van der Waals surface area contributed by atoms with Gasteiger partial charge in [-0.05, 0) is 24.2 Å². The van der Waals surface area contributed by atoms with Gasteiger partial charge in [-0.15, -0.1) is 6.42 Å². The van der Waals surface area contributed by atoms with E-state index in [9.17, 15) is 0 Å². The van der Waals surface area contributed by atoms with Gasteiger partial charge in [0.1, 0.15) is 0 Å². The number of amidine groups is 1. The van der Waals surface area contributed by atoms with Crippen molar-refractivity contribution in [2.24, 2.45) is 9.81 Å². The molecule has 70 valence electrons. The first-order valence-electron chi connectivity index (χ1n) is 4.59. The fourth-order valence-electron chi connectivity index (χ4n) is 1.91. The molecule has 1 atom stereocenters. The van der Waals surface area contributed by atoms with E-state index in [1.165, 1.54) is 12.8 Å². The van der Waals surface area contributed by atoms with Crippen LogP contribution < -0.4 is 0 Å². The maximum atomic E-state index is 5.39. The maximum absolute atomic E-state index is 5.39. The van der Waals surface area contributed by atoms with Gasteiger partial charge in [-0.3, -0.25) is 0 Å². The molecule has 0 radical (unpaired) electrons. The van der Waals surface area contributed by atoms with E-state index < -0.39 is 0 Å². The predicted octanol–water partition coefficient (Wildman–Crippen LogP) is 2.13. The smallest absolute Gasteiger partial charge is 0.189 e. The van der Waals surface area contributed by atoms with Crippen LogP contribution in [0, 0.1) is 17.8 Å². The van der Waals surface area contributed by atoms with Gasteiger partial charge in [0.25, 0.3) is 0 Å². The molecule has 0 aromatic heterocycles. The van der Waals surface area contributed by atoms with Gasteiger partial charge in [-0.25, -0.2) is 0 Å². The van der Waals surface area contributed by atoms with E-state index in [0.29, 0.717) is 10.8 Å². The molecule has 0 aliphatic carbocycles. The van der Waals surface area contributed by atoms with Gasteiger partial charge in [0, 0.05) is 18.5 Å². The summed E-state index contributed by atoms with van der Waals surface area (Å²) in [4.78, 5) is 2.27. The molecule has 2 aliphatic rings. The van der Waals surface area contributed by atoms with Crippen LogP contribution in [0.4, 0.5) is 0 Å². The van der Waals surface area contributed by atoms with Crippen molar-refractivity contribution in [3.05, 3.63) is 0 Å². The van der Waals surface area contributed by atoms with Gasteiger partial charge >= 0.3 is 0 Å². The summed E-state index contributed by atoms with van der Waals surface area (Å²) in [5.74, 6) is 3.49. The lowest BCUT2D eigenvalue weighted by Gasteiger charge is -2.39. The Morgan fingerprint density at radius 2 is 2.46 bits per heavy atom. The number of fused-ring (bicyclic) bond motifs is 1. The Labute approximate surface area is 83.9 Å². The molecule has 1 unspecified atom stereocenters. The van der Waals surface area contributed by atoms with Gasteiger partial charge in [-0.1, -0.05) is 13.8 Å². The Morgan fingerprint density at radius 3 is 3.15 bits per heavy atom. The van der Waals surface area contributed by atoms with Crippen LogP contribution in [0.3, 0.4) is 0 Å². The van der Waals surface area contributed by atoms with Gasteiger partial charge in [0.2, 0.25) is 0 Å². The van der Waals surface area contributed by atoms with Gasteiger partial charge in [0.05, 0.1) is 5.37 Å². The molecule has 0 amide bonds. The molecule has 2 aliphatic heterocycles. The third-order valence-electron chi connectivity index (χ3n) is 2.68. The number of rotatable bonds is 0. The van der Waals surface area contributed by atoms with E-state index in [4.69, 9.17) is 6.42 Å². The zero-order chi connectivity index (χ0) is 9.47. The van der Waals surface area contributed by atoms with Crippen LogP contribution in [0.25, 0.3) is 0 Å². The van der Waals surface area contributed by atoms with Crippen LogP contribution in [-0.2, 0) is 0 Å². The number of hydrogen-bond acceptors (Lipinski definition) is 3. The summed E-state index contributed by atoms with van der Waals surface area (Å²) in [7, 11) is 0. The minimum absolute atomic E-state index is 0.388. The molecule has 0 aromatic rings. The summed E-state index contributed by atoms with van der Waals surface area (Å²) < 4.78 is 4.29. The van der Waals surface area contributed by atoms with Crippen molar-refractivity contribution in [1.82, 2.24) is 4.90 Å². The first kappa shape index (κ1) is 8.96. The van der Waals surface area contributed by atoms with Gasteiger partial charge < -0.3 is 4.90 Å². The van der Waals surface area contributed by atoms with Crippen LogP contribution in [0.5, 0.6) is 0 Å². The maximum Gasteiger partial charge on any atom is 0.189 e. The Bertz CT molecular complexity index is 288. The average Bonchev–Trinajstić information content (AvgIpc) is 2.44. The van der Waals surface area contributed by atoms with E-state index in [0.717, 1.165) is 12.4 Å². The predicted molar refractivity (Wildman–Crippen MR) is 57.4 cm³/mol. The summed E-state index contributed by atoms with van der Waals surface area (Å²) in [5.41, 5.74) is 0.388. The Hall–Kier alpha value is -0.620. The molecule has 1 saturated heterocycles. The van der Waals surface area contributed by atoms with Crippen molar-refractivity contribution in [2.45, 2.75) is 32.1 Å². The molecule has 2 nitrogen and oxygen atoms in total. The van der Waals surface area contributed by atoms with Crippen LogP contribution in [0.2, 0.25) is 0 Å². The largest absolute Gasteiger partial charge is 0.335 e. The third-order valence-corrected chi connectivity index (χ3v) is 3.69. The van der Waals surface area contributed by atoms with E-state index in [2.05, 4.69) is 29.1 Å². The Balaban J connectivity index is 2.16. The SMILES string of the molecule is C#CC1=NSC2CCC(C)(C)CN12. The molecule has 0 saturated carbocycles. The average molecular weight is 194 g/mol. The number of piperidine rings is 1. The molecule has 0 bridgehead atoms. The second-order valence-corrected chi connectivity index (χ2v) is 5.39. The monoisotopic (exact) mass is 194 g/mol. The van der Waals surface area contributed by atoms with Gasteiger partial charge in [0.15, 0.2) is 5.84 Å². The Morgan fingerprint density at radius 1 is 1.69 bits per heavy atom. The van der Waals surface area contributed by atoms with Crippen LogP contribution in [0.1, 0.15) is 26.7 Å². The van der Waals surface area contributed by atoms with Crippen LogP contribution in [0.15, 0.2) is 4.40 Å². The summed E-state index contributed by atoms with van der Waals surface area (Å²) >= 11 is 1.63. The standard InChI is InChI=1S/C10H14N2S/c1-4-8-11-13-9-5-6-10(2,3)7-12(8)9/h1,9H,5-7H2,2-3H3. The lowest BCUT2D eigenvalue weighted by molar-refractivity contribution is 0.168. The van der Waals surface area contributed by atoms with Crippen molar-refractivity contribution in [2.75, 3.05) is 6.54 Å². The highest BCUT2D eigenvalue weighted by atomic mass is 32.2. The molecule has 2 heterocycles. The molecule has 0 spiro atoms. The summed E-state index contributed by atoms with van der Waals surface area (Å²) in [6.45, 7) is 5.63. The molecular weight excluding hydrogens is 180 g/mol. The number of terminal acetylenes is 1. The van der Waals surface area contributed by atoms with Gasteiger partial charge in [-0.2, -0.15) is 4.40 Å². The van der Waals surface area contributed by atoms with E-state index in [1.807, 2.05) is 0 Å². The van der Waals surface area contributed by atoms with E-state index >= 15 is 0 Å². The fourth-order valence-corrected chi connectivity index (χ4v) is 2.80. The summed E-state index contributed by atoms with van der Waals surface area (Å²) in [6, 6.07) is 0. The topological polar surface area (TPSA) is 15.6 Å². The quantitative estimate of drug-likeness (QED) is 0.433. The highest BCUT2D eigenvalue weighted by Gasteiger charge is 2.37. The van der Waals surface area contributed by atoms with Crippen molar-refractivity contribution >= 4 is 17.8 Å². The first-order valence-corrected chi connectivity index (χ1v) is 5.43. The zero-order valence-corrected chi connectivity index (χ0v) is 8.90. The summed E-state index contributed by atoms with van der Waals surface area (Å²) in [5, 5.41) is 0.513. The highest BCUT2D eigenvalue weighted by molar-refractivity contribution is 7.99. The molecule has 3 heteroatoms. The van der Waals surface area contributed by atoms with Crippen molar-refractivity contribution in [1.29, 1.82) is 0 Å². The first-order chi connectivity index (χ1) is 6.12. The van der Waals surface area contributed by atoms with E-state index in [1.54, 1.807) is 11.9 Å². The fraction of sp³-hybridized carbons (Fsp3) is 0.700. The lowest BCUT2D eigenvalue weighted by Crippen LogP contribution is -2.45. The zero-order valence-electron chi connectivity index (χ0n) is 8.08. The molecule has 0 aromatic carbocycles. The van der Waals surface area contributed by atoms with Crippen molar-refractivity contribution in [3.8, 4) is 12.3 Å². The summed E-state index contributed by atoms with van der Waals surface area (Å²) in [6.07, 6.45) is 7.87. The van der Waals surface area contributed by atoms with Crippen molar-refractivity contribution in [3.63, 3.8) is 0 Å². The lowest BCUT2D eigenvalue weighted by atomic mass is 9.84. The van der Waals surface area contributed by atoms with Crippen LogP contribution in [-0.4, -0.2) is 22.7 Å². The number of nitrogens with zero attached hydrogens (tertiary/aromatic N) is 2. The molecule has 1 fully saturated rings. The second kappa shape index (κ2) is 2.95. The second-order valence-electron chi connectivity index (χ2n) is 4.45. The molecular formula is C10H14N2S. The number of hydrogen-bond donors (Lipinski definition) is 0. The van der Waals surface area contributed by atoms with Crippen LogP contribution >= 0.6 is 11.9 Å². The molecule has 13 heavy (non-hydrogen) atoms. The third kappa shape index (κ3) is 1.55. The minimum Gasteiger partial charge on any atom is -0.335 e. The highest BCUT2D eigenvalue weighted by Crippen LogP contribution is 2.39. The molecule has 0 N–H and O–H groups in total. The normalized spacial score (nSPS) is 30.7. The minimum atomic E-state index is 0.388. The molecule has 2 rings (SSSR count). The van der Waals surface area contributed by atoms with Crippen molar-refractivity contribution < 1.29 is 0 Å². The Kier molecular flexibility index (Phi) is 2.03.